The minimum absolute atomic E-state index is 0.0883. The van der Waals surface area contributed by atoms with Gasteiger partial charge in [-0.2, -0.15) is 4.99 Å². The molecule has 7 heteroatoms. The number of aliphatic imine (C=N–C) groups is 1. The third-order valence-electron chi connectivity index (χ3n) is 5.93. The van der Waals surface area contributed by atoms with Crippen molar-refractivity contribution in [3.05, 3.63) is 46.5 Å². The number of hydrogen-bond acceptors (Lipinski definition) is 6. The van der Waals surface area contributed by atoms with Gasteiger partial charge < -0.3 is 20.1 Å². The summed E-state index contributed by atoms with van der Waals surface area (Å²) >= 11 is 1.44. The van der Waals surface area contributed by atoms with Gasteiger partial charge in [0.05, 0.1) is 18.1 Å². The van der Waals surface area contributed by atoms with Gasteiger partial charge in [-0.25, -0.2) is 0 Å². The number of aromatic hydroxyl groups is 1. The van der Waals surface area contributed by atoms with Crippen molar-refractivity contribution in [2.75, 3.05) is 32.8 Å². The quantitative estimate of drug-likeness (QED) is 0.484. The van der Waals surface area contributed by atoms with Gasteiger partial charge in [0.15, 0.2) is 5.17 Å². The maximum Gasteiger partial charge on any atom is 0.286 e. The molecule has 1 amide bonds. The van der Waals surface area contributed by atoms with E-state index in [-0.39, 0.29) is 11.3 Å². The topological polar surface area (TPSA) is 74.2 Å². The van der Waals surface area contributed by atoms with Crippen molar-refractivity contribution in [3.8, 4) is 5.75 Å². The molecule has 0 radical (unpaired) electrons. The van der Waals surface area contributed by atoms with E-state index in [2.05, 4.69) is 49.0 Å². The van der Waals surface area contributed by atoms with Crippen LogP contribution in [0, 0.1) is 0 Å². The van der Waals surface area contributed by atoms with Gasteiger partial charge in [0.1, 0.15) is 5.75 Å². The van der Waals surface area contributed by atoms with Crippen molar-refractivity contribution >= 4 is 28.4 Å². The van der Waals surface area contributed by atoms with Crippen molar-refractivity contribution in [2.45, 2.75) is 46.0 Å². The number of ether oxygens (including phenoxy) is 1. The number of nitrogens with zero attached hydrogens (tertiary/aromatic N) is 2. The van der Waals surface area contributed by atoms with Gasteiger partial charge in [-0.3, -0.25) is 4.79 Å². The summed E-state index contributed by atoms with van der Waals surface area (Å²) in [6.07, 6.45) is 5.70. The molecule has 1 aromatic carbocycles. The van der Waals surface area contributed by atoms with Crippen LogP contribution in [0.15, 0.2) is 40.4 Å². The second kappa shape index (κ2) is 10.4. The number of rotatable bonds is 7. The van der Waals surface area contributed by atoms with Crippen LogP contribution in [0.4, 0.5) is 0 Å². The molecule has 2 N–H and O–H groups in total. The lowest BCUT2D eigenvalue weighted by atomic mass is 9.80. The lowest BCUT2D eigenvalue weighted by molar-refractivity contribution is -0.113. The lowest BCUT2D eigenvalue weighted by Gasteiger charge is -2.27. The van der Waals surface area contributed by atoms with Crippen molar-refractivity contribution in [3.63, 3.8) is 0 Å². The van der Waals surface area contributed by atoms with Crippen LogP contribution in [0.3, 0.4) is 0 Å². The Morgan fingerprint density at radius 1 is 1.32 bits per heavy atom. The largest absolute Gasteiger partial charge is 0.508 e. The summed E-state index contributed by atoms with van der Waals surface area (Å²) < 4.78 is 5.36. The zero-order chi connectivity index (χ0) is 22.4. The van der Waals surface area contributed by atoms with Gasteiger partial charge in [0.25, 0.3) is 5.91 Å². The third kappa shape index (κ3) is 5.71. The van der Waals surface area contributed by atoms with E-state index in [0.717, 1.165) is 47.8 Å². The Bertz CT molecular complexity index is 899. The van der Waals surface area contributed by atoms with E-state index >= 15 is 0 Å². The number of nitrogens with one attached hydrogen (secondary N) is 1. The Morgan fingerprint density at radius 3 is 2.74 bits per heavy atom. The molecule has 1 saturated heterocycles. The molecule has 31 heavy (non-hydrogen) atoms. The molecule has 168 valence electrons. The van der Waals surface area contributed by atoms with Crippen LogP contribution in [0.1, 0.15) is 51.7 Å². The number of hydrogen-bond donors (Lipinski definition) is 2. The number of allylic oxidation sites excluding steroid dienone is 1. The van der Waals surface area contributed by atoms with Crippen LogP contribution >= 0.6 is 11.8 Å². The van der Waals surface area contributed by atoms with E-state index in [4.69, 9.17) is 4.74 Å². The molecule has 3 rings (SSSR count). The maximum absolute atomic E-state index is 12.2. The summed E-state index contributed by atoms with van der Waals surface area (Å²) in [5, 5.41) is 14.4. The zero-order valence-electron chi connectivity index (χ0n) is 18.9. The van der Waals surface area contributed by atoms with Gasteiger partial charge >= 0.3 is 0 Å². The van der Waals surface area contributed by atoms with Crippen LogP contribution in [-0.4, -0.2) is 53.9 Å². The second-order valence-electron chi connectivity index (χ2n) is 8.37. The number of amidine groups is 1. The van der Waals surface area contributed by atoms with Gasteiger partial charge in [0, 0.05) is 31.4 Å². The fourth-order valence-corrected chi connectivity index (χ4v) is 4.45. The highest BCUT2D eigenvalue weighted by molar-refractivity contribution is 8.18. The van der Waals surface area contributed by atoms with Crippen LogP contribution < -0.4 is 5.32 Å². The first-order chi connectivity index (χ1) is 14.9. The van der Waals surface area contributed by atoms with Gasteiger partial charge in [-0.15, -0.1) is 0 Å². The maximum atomic E-state index is 12.2. The van der Waals surface area contributed by atoms with Crippen LogP contribution in [0.5, 0.6) is 5.75 Å². The number of phenolic OH excluding ortho intramolecular Hbond substituents is 1. The summed E-state index contributed by atoms with van der Waals surface area (Å²) in [4.78, 5) is 19.2. The third-order valence-corrected chi connectivity index (χ3v) is 7.03. The average Bonchev–Trinajstić information content (AvgIpc) is 3.15. The standard InChI is InChI=1S/C24H33N3O3S/c1-5-17(18-7-8-20(28)19(15-18)24(3,4)6-2)16-25-10-9-21-22(29)26-23(31-21)27-11-13-30-14-12-27/h7-9,15-16,25,28H,5-6,10-14H2,1-4H3/b17-16+,21-9-. The zero-order valence-corrected chi connectivity index (χ0v) is 19.7. The molecule has 1 fully saturated rings. The Balaban J connectivity index is 1.64. The number of carbonyl (C=O) groups excluding carboxylic acids is 1. The van der Waals surface area contributed by atoms with Crippen LogP contribution in [-0.2, 0) is 14.9 Å². The number of thioether (sulfide) groups is 1. The molecule has 0 bridgehead atoms. The molecular formula is C24H33N3O3S. The minimum atomic E-state index is -0.169. The van der Waals surface area contributed by atoms with Crippen molar-refractivity contribution in [1.29, 1.82) is 0 Å². The van der Waals surface area contributed by atoms with Crippen molar-refractivity contribution in [1.82, 2.24) is 10.2 Å². The number of amides is 1. The summed E-state index contributed by atoms with van der Waals surface area (Å²) in [5.74, 6) is 0.176. The van der Waals surface area contributed by atoms with Crippen molar-refractivity contribution < 1.29 is 14.6 Å². The normalized spacial score (nSPS) is 19.2. The fourth-order valence-electron chi connectivity index (χ4n) is 3.52. The van der Waals surface area contributed by atoms with E-state index in [9.17, 15) is 9.90 Å². The van der Waals surface area contributed by atoms with Gasteiger partial charge in [-0.1, -0.05) is 33.8 Å². The molecule has 0 saturated carbocycles. The highest BCUT2D eigenvalue weighted by atomic mass is 32.2. The summed E-state index contributed by atoms with van der Waals surface area (Å²) in [7, 11) is 0. The molecule has 6 nitrogen and oxygen atoms in total. The van der Waals surface area contributed by atoms with Crippen LogP contribution in [0.25, 0.3) is 5.57 Å². The molecule has 2 aliphatic rings. The molecule has 0 aliphatic carbocycles. The minimum Gasteiger partial charge on any atom is -0.508 e. The Morgan fingerprint density at radius 2 is 2.06 bits per heavy atom. The highest BCUT2D eigenvalue weighted by Crippen LogP contribution is 2.36. The SMILES string of the molecule is CC/C(=C\NC/C=C1\SC(N2CCOCC2)=NC1=O)c1ccc(O)c(C(C)(C)CC)c1. The lowest BCUT2D eigenvalue weighted by Crippen LogP contribution is -2.38. The molecule has 2 aliphatic heterocycles. The molecule has 1 aromatic rings. The van der Waals surface area contributed by atoms with E-state index in [1.54, 1.807) is 6.07 Å². The first-order valence-electron chi connectivity index (χ1n) is 11.0. The van der Waals surface area contributed by atoms with Crippen molar-refractivity contribution in [2.24, 2.45) is 4.99 Å². The van der Waals surface area contributed by atoms with Crippen LogP contribution in [0.2, 0.25) is 0 Å². The smallest absolute Gasteiger partial charge is 0.286 e. The second-order valence-corrected chi connectivity index (χ2v) is 9.38. The first kappa shape index (κ1) is 23.4. The predicted octanol–water partition coefficient (Wildman–Crippen LogP) is 4.27. The number of carbonyl (C=O) groups is 1. The molecule has 0 unspecified atom stereocenters. The van der Waals surface area contributed by atoms with E-state index in [1.807, 2.05) is 18.3 Å². The molecular weight excluding hydrogens is 410 g/mol. The van der Waals surface area contributed by atoms with Gasteiger partial charge in [-0.05, 0) is 59.4 Å². The van der Waals surface area contributed by atoms with E-state index < -0.39 is 0 Å². The summed E-state index contributed by atoms with van der Waals surface area (Å²) in [5.41, 5.74) is 3.13. The summed E-state index contributed by atoms with van der Waals surface area (Å²) in [6.45, 7) is 12.0. The summed E-state index contributed by atoms with van der Waals surface area (Å²) in [6, 6.07) is 5.83. The molecule has 0 atom stereocenters. The average molecular weight is 444 g/mol. The van der Waals surface area contributed by atoms with E-state index in [1.165, 1.54) is 11.8 Å². The Kier molecular flexibility index (Phi) is 7.84. The van der Waals surface area contributed by atoms with E-state index in [0.29, 0.717) is 30.4 Å². The molecule has 0 spiro atoms. The number of benzene rings is 1. The predicted molar refractivity (Wildman–Crippen MR) is 128 cm³/mol. The number of phenols is 1. The molecule has 2 heterocycles. The number of morpholine rings is 1. The molecule has 0 aromatic heterocycles. The Hall–Kier alpha value is -2.25. The van der Waals surface area contributed by atoms with Gasteiger partial charge in [0.2, 0.25) is 0 Å². The fraction of sp³-hybridized carbons (Fsp3) is 0.500. The highest BCUT2D eigenvalue weighted by Gasteiger charge is 2.27. The Labute approximate surface area is 189 Å². The first-order valence-corrected chi connectivity index (χ1v) is 11.8. The monoisotopic (exact) mass is 443 g/mol.